The van der Waals surface area contributed by atoms with Gasteiger partial charge in [-0.05, 0) is 47.4 Å². The van der Waals surface area contributed by atoms with Crippen LogP contribution >= 0.6 is 11.6 Å². The van der Waals surface area contributed by atoms with Crippen LogP contribution in [0.2, 0.25) is 5.15 Å². The first-order valence-corrected chi connectivity index (χ1v) is 9.76. The van der Waals surface area contributed by atoms with Crippen molar-refractivity contribution >= 4 is 33.9 Å². The number of carbonyl (C=O) groups excluding carboxylic acids is 1. The Morgan fingerprint density at radius 3 is 2.57 bits per heavy atom. The second-order valence-electron chi connectivity index (χ2n) is 7.03. The Balaban J connectivity index is 2.11. The van der Waals surface area contributed by atoms with Gasteiger partial charge >= 0.3 is 5.97 Å². The zero-order chi connectivity index (χ0) is 19.8. The van der Waals surface area contributed by atoms with Gasteiger partial charge in [0.05, 0.1) is 23.4 Å². The quantitative estimate of drug-likeness (QED) is 0.393. The van der Waals surface area contributed by atoms with Crippen molar-refractivity contribution in [2.75, 3.05) is 6.61 Å². The standard InChI is InChI=1S/C23H21ClN2O2/c1-4-28-23(27)21-20(17-10-9-15-7-5-6-8-16(15)13-17)18-11-12-19(24)26(18)25-22(21)14(2)3/h5-14H,4H2,1-3H3. The lowest BCUT2D eigenvalue weighted by Crippen LogP contribution is -2.15. The highest BCUT2D eigenvalue weighted by atomic mass is 35.5. The van der Waals surface area contributed by atoms with Gasteiger partial charge in [0.25, 0.3) is 0 Å². The van der Waals surface area contributed by atoms with Crippen LogP contribution in [0.5, 0.6) is 0 Å². The maximum atomic E-state index is 13.0. The minimum absolute atomic E-state index is 0.0291. The summed E-state index contributed by atoms with van der Waals surface area (Å²) in [4.78, 5) is 13.0. The molecule has 0 saturated heterocycles. The van der Waals surface area contributed by atoms with Gasteiger partial charge in [0.15, 0.2) is 0 Å². The van der Waals surface area contributed by atoms with E-state index in [9.17, 15) is 4.79 Å². The molecule has 5 heteroatoms. The van der Waals surface area contributed by atoms with Crippen molar-refractivity contribution in [1.29, 1.82) is 0 Å². The molecule has 0 atom stereocenters. The normalized spacial score (nSPS) is 11.5. The number of hydrogen-bond acceptors (Lipinski definition) is 3. The van der Waals surface area contributed by atoms with Gasteiger partial charge in [0, 0.05) is 5.56 Å². The lowest BCUT2D eigenvalue weighted by atomic mass is 9.93. The molecule has 0 bridgehead atoms. The summed E-state index contributed by atoms with van der Waals surface area (Å²) < 4.78 is 7.10. The average Bonchev–Trinajstić information content (AvgIpc) is 3.07. The lowest BCUT2D eigenvalue weighted by Gasteiger charge is -2.18. The first kappa shape index (κ1) is 18.5. The van der Waals surface area contributed by atoms with Crippen LogP contribution in [0.4, 0.5) is 0 Å². The Morgan fingerprint density at radius 2 is 1.86 bits per heavy atom. The molecule has 4 nitrogen and oxygen atoms in total. The zero-order valence-electron chi connectivity index (χ0n) is 16.1. The fourth-order valence-corrected chi connectivity index (χ4v) is 3.75. The van der Waals surface area contributed by atoms with Gasteiger partial charge in [0.2, 0.25) is 0 Å². The summed E-state index contributed by atoms with van der Waals surface area (Å²) in [6.07, 6.45) is 0. The summed E-state index contributed by atoms with van der Waals surface area (Å²) in [6, 6.07) is 18.0. The number of rotatable bonds is 4. The van der Waals surface area contributed by atoms with E-state index in [4.69, 9.17) is 16.3 Å². The fourth-order valence-electron chi connectivity index (χ4n) is 3.56. The van der Waals surface area contributed by atoms with Crippen LogP contribution in [0.3, 0.4) is 0 Å². The van der Waals surface area contributed by atoms with E-state index in [1.165, 1.54) is 0 Å². The van der Waals surface area contributed by atoms with Crippen molar-refractivity contribution in [2.45, 2.75) is 26.7 Å². The molecule has 0 aliphatic heterocycles. The fraction of sp³-hybridized carbons (Fsp3) is 0.217. The van der Waals surface area contributed by atoms with Crippen LogP contribution in [0.1, 0.15) is 42.7 Å². The second kappa shape index (κ2) is 7.28. The van der Waals surface area contributed by atoms with E-state index in [2.05, 4.69) is 29.4 Å². The molecule has 28 heavy (non-hydrogen) atoms. The molecule has 0 fully saturated rings. The number of esters is 1. The van der Waals surface area contributed by atoms with Crippen LogP contribution in [0, 0.1) is 0 Å². The highest BCUT2D eigenvalue weighted by molar-refractivity contribution is 6.30. The van der Waals surface area contributed by atoms with Gasteiger partial charge in [-0.15, -0.1) is 0 Å². The topological polar surface area (TPSA) is 43.6 Å². The highest BCUT2D eigenvalue weighted by Gasteiger charge is 2.26. The number of ether oxygens (including phenoxy) is 1. The molecule has 0 saturated carbocycles. The second-order valence-corrected chi connectivity index (χ2v) is 7.41. The third-order valence-corrected chi connectivity index (χ3v) is 5.13. The molecule has 0 amide bonds. The molecule has 2 heterocycles. The Bertz CT molecular complexity index is 1190. The number of nitrogens with zero attached hydrogens (tertiary/aromatic N) is 2. The van der Waals surface area contributed by atoms with E-state index in [1.807, 2.05) is 45.0 Å². The van der Waals surface area contributed by atoms with Crippen molar-refractivity contribution in [1.82, 2.24) is 9.61 Å². The predicted molar refractivity (Wildman–Crippen MR) is 113 cm³/mol. The first-order chi connectivity index (χ1) is 13.5. The van der Waals surface area contributed by atoms with Crippen LogP contribution in [-0.4, -0.2) is 22.2 Å². The van der Waals surface area contributed by atoms with Crippen LogP contribution in [0.15, 0.2) is 54.6 Å². The van der Waals surface area contributed by atoms with Crippen molar-refractivity contribution in [3.8, 4) is 11.1 Å². The SMILES string of the molecule is CCOC(=O)c1c(C(C)C)nn2c(Cl)ccc2c1-c1ccc2ccccc2c1. The molecule has 0 radical (unpaired) electrons. The highest BCUT2D eigenvalue weighted by Crippen LogP contribution is 2.36. The molecule has 0 aliphatic carbocycles. The molecule has 4 rings (SSSR count). The summed E-state index contributed by atoms with van der Waals surface area (Å²) in [6.45, 7) is 6.14. The van der Waals surface area contributed by atoms with Crippen molar-refractivity contribution in [3.05, 3.63) is 71.0 Å². The first-order valence-electron chi connectivity index (χ1n) is 9.38. The number of carbonyl (C=O) groups is 1. The molecule has 4 aromatic rings. The molecule has 0 unspecified atom stereocenters. The van der Waals surface area contributed by atoms with Crippen molar-refractivity contribution in [3.63, 3.8) is 0 Å². The molecule has 0 aliphatic rings. The van der Waals surface area contributed by atoms with E-state index in [0.29, 0.717) is 23.0 Å². The number of hydrogen-bond donors (Lipinski definition) is 0. The summed E-state index contributed by atoms with van der Waals surface area (Å²) in [5.41, 5.74) is 3.70. The Kier molecular flexibility index (Phi) is 4.82. The van der Waals surface area contributed by atoms with E-state index in [-0.39, 0.29) is 11.9 Å². The zero-order valence-corrected chi connectivity index (χ0v) is 16.8. The molecule has 0 spiro atoms. The van der Waals surface area contributed by atoms with E-state index >= 15 is 0 Å². The Labute approximate surface area is 168 Å². The maximum absolute atomic E-state index is 13.0. The molecule has 2 aromatic carbocycles. The monoisotopic (exact) mass is 392 g/mol. The Hall–Kier alpha value is -2.85. The van der Waals surface area contributed by atoms with E-state index in [0.717, 1.165) is 27.4 Å². The van der Waals surface area contributed by atoms with Crippen LogP contribution < -0.4 is 0 Å². The Morgan fingerprint density at radius 1 is 1.11 bits per heavy atom. The van der Waals surface area contributed by atoms with Gasteiger partial charge in [-0.2, -0.15) is 5.10 Å². The van der Waals surface area contributed by atoms with Crippen LogP contribution in [-0.2, 0) is 4.74 Å². The molecule has 142 valence electrons. The minimum Gasteiger partial charge on any atom is -0.462 e. The van der Waals surface area contributed by atoms with Crippen LogP contribution in [0.25, 0.3) is 27.4 Å². The summed E-state index contributed by atoms with van der Waals surface area (Å²) in [5.74, 6) is -0.330. The maximum Gasteiger partial charge on any atom is 0.340 e. The van der Waals surface area contributed by atoms with Gasteiger partial charge in [-0.3, -0.25) is 0 Å². The summed E-state index contributed by atoms with van der Waals surface area (Å²) >= 11 is 6.38. The summed E-state index contributed by atoms with van der Waals surface area (Å²) in [7, 11) is 0. The molecular weight excluding hydrogens is 372 g/mol. The number of halogens is 1. The average molecular weight is 393 g/mol. The largest absolute Gasteiger partial charge is 0.462 e. The minimum atomic E-state index is -0.360. The molecule has 0 N–H and O–H groups in total. The van der Waals surface area contributed by atoms with Gasteiger partial charge in [0.1, 0.15) is 5.15 Å². The van der Waals surface area contributed by atoms with Crippen molar-refractivity contribution < 1.29 is 9.53 Å². The number of fused-ring (bicyclic) bond motifs is 2. The smallest absolute Gasteiger partial charge is 0.340 e. The lowest BCUT2D eigenvalue weighted by molar-refractivity contribution is 0.0524. The van der Waals surface area contributed by atoms with Crippen molar-refractivity contribution in [2.24, 2.45) is 0 Å². The summed E-state index contributed by atoms with van der Waals surface area (Å²) in [5, 5.41) is 7.43. The number of aromatic nitrogens is 2. The van der Waals surface area contributed by atoms with E-state index < -0.39 is 0 Å². The van der Waals surface area contributed by atoms with Gasteiger partial charge in [-0.1, -0.05) is 61.8 Å². The molecular formula is C23H21ClN2O2. The predicted octanol–water partition coefficient (Wildman–Crippen LogP) is 6.11. The van der Waals surface area contributed by atoms with Gasteiger partial charge < -0.3 is 4.74 Å². The third kappa shape index (κ3) is 3.04. The number of benzene rings is 2. The van der Waals surface area contributed by atoms with E-state index in [1.54, 1.807) is 10.6 Å². The third-order valence-electron chi connectivity index (χ3n) is 4.84. The molecule has 2 aromatic heterocycles. The van der Waals surface area contributed by atoms with Gasteiger partial charge in [-0.25, -0.2) is 9.31 Å².